The first-order valence-electron chi connectivity index (χ1n) is 26.2. The van der Waals surface area contributed by atoms with Gasteiger partial charge in [-0.1, -0.05) is 224 Å². The molecule has 0 aromatic rings. The third-order valence-corrected chi connectivity index (χ3v) is 12.9. The first kappa shape index (κ1) is 60.0. The van der Waals surface area contributed by atoms with Crippen LogP contribution in [0.1, 0.15) is 251 Å². The molecule has 2 N–H and O–H groups in total. The highest BCUT2D eigenvalue weighted by molar-refractivity contribution is 7.45. The van der Waals surface area contributed by atoms with Crippen LogP contribution in [0.4, 0.5) is 0 Å². The van der Waals surface area contributed by atoms with Crippen molar-refractivity contribution in [1.82, 2.24) is 5.32 Å². The number of quaternary nitrogens is 1. The smallest absolute Gasteiger partial charge is 0.268 e. The van der Waals surface area contributed by atoms with Crippen molar-refractivity contribution in [3.63, 3.8) is 0 Å². The highest BCUT2D eigenvalue weighted by atomic mass is 31.2. The molecule has 0 saturated carbocycles. The largest absolute Gasteiger partial charge is 0.756 e. The highest BCUT2D eigenvalue weighted by Crippen LogP contribution is 2.38. The second-order valence-corrected chi connectivity index (χ2v) is 20.6. The van der Waals surface area contributed by atoms with E-state index in [1.165, 1.54) is 180 Å². The minimum Gasteiger partial charge on any atom is -0.756 e. The molecule has 0 aliphatic rings. The number of phosphoric acid groups is 1. The van der Waals surface area contributed by atoms with Crippen LogP contribution >= 0.6 is 7.82 Å². The maximum atomic E-state index is 12.9. The molecule has 61 heavy (non-hydrogen) atoms. The van der Waals surface area contributed by atoms with Gasteiger partial charge in [0.05, 0.1) is 39.9 Å². The number of amides is 1. The van der Waals surface area contributed by atoms with Crippen LogP contribution in [0.15, 0.2) is 24.3 Å². The molecule has 0 saturated heterocycles. The molecule has 0 aliphatic carbocycles. The van der Waals surface area contributed by atoms with Gasteiger partial charge in [0.15, 0.2) is 0 Å². The second kappa shape index (κ2) is 44.2. The molecule has 0 spiro atoms. The lowest BCUT2D eigenvalue weighted by molar-refractivity contribution is -0.870. The van der Waals surface area contributed by atoms with Crippen LogP contribution in [0.25, 0.3) is 0 Å². The zero-order valence-corrected chi connectivity index (χ0v) is 42.0. The van der Waals surface area contributed by atoms with Crippen LogP contribution in [0.5, 0.6) is 0 Å². The Morgan fingerprint density at radius 3 is 1.36 bits per heavy atom. The van der Waals surface area contributed by atoms with Gasteiger partial charge >= 0.3 is 0 Å². The minimum absolute atomic E-state index is 0.0123. The summed E-state index contributed by atoms with van der Waals surface area (Å²) in [6, 6.07) is -0.801. The zero-order valence-electron chi connectivity index (χ0n) is 41.1. The fourth-order valence-electron chi connectivity index (χ4n) is 7.78. The Morgan fingerprint density at radius 2 is 0.951 bits per heavy atom. The van der Waals surface area contributed by atoms with Crippen LogP contribution in [-0.2, 0) is 18.4 Å². The van der Waals surface area contributed by atoms with Crippen molar-refractivity contribution >= 4 is 13.7 Å². The molecule has 1 amide bonds. The number of aliphatic hydroxyl groups excluding tert-OH is 1. The van der Waals surface area contributed by atoms with E-state index in [-0.39, 0.29) is 19.1 Å². The summed E-state index contributed by atoms with van der Waals surface area (Å²) >= 11 is 0. The number of phosphoric ester groups is 1. The van der Waals surface area contributed by atoms with Gasteiger partial charge in [-0.25, -0.2) is 0 Å². The van der Waals surface area contributed by atoms with E-state index in [2.05, 4.69) is 43.5 Å². The maximum absolute atomic E-state index is 12.9. The van der Waals surface area contributed by atoms with Crippen molar-refractivity contribution in [3.8, 4) is 0 Å². The summed E-state index contributed by atoms with van der Waals surface area (Å²) in [5.41, 5.74) is 0. The monoisotopic (exact) mass is 883 g/mol. The van der Waals surface area contributed by atoms with Gasteiger partial charge < -0.3 is 28.8 Å². The van der Waals surface area contributed by atoms with Gasteiger partial charge in [-0.2, -0.15) is 0 Å². The van der Waals surface area contributed by atoms with Crippen molar-refractivity contribution in [2.45, 2.75) is 264 Å². The molecular formula is C52H103N2O6P. The lowest BCUT2D eigenvalue weighted by Crippen LogP contribution is -2.46. The van der Waals surface area contributed by atoms with E-state index in [0.29, 0.717) is 23.9 Å². The van der Waals surface area contributed by atoms with Gasteiger partial charge in [0, 0.05) is 6.42 Å². The van der Waals surface area contributed by atoms with Gasteiger partial charge in [-0.15, -0.1) is 0 Å². The lowest BCUT2D eigenvalue weighted by Gasteiger charge is -2.30. The number of carbonyl (C=O) groups is 1. The summed E-state index contributed by atoms with van der Waals surface area (Å²) in [7, 11) is 1.31. The molecule has 0 aromatic carbocycles. The van der Waals surface area contributed by atoms with E-state index >= 15 is 0 Å². The van der Waals surface area contributed by atoms with E-state index < -0.39 is 20.0 Å². The number of hydrogen-bond acceptors (Lipinski definition) is 6. The van der Waals surface area contributed by atoms with Crippen LogP contribution < -0.4 is 10.2 Å². The van der Waals surface area contributed by atoms with Gasteiger partial charge in [0.2, 0.25) is 5.91 Å². The van der Waals surface area contributed by atoms with Gasteiger partial charge in [0.25, 0.3) is 7.82 Å². The molecular weight excluding hydrogens is 780 g/mol. The summed E-state index contributed by atoms with van der Waals surface area (Å²) in [4.78, 5) is 25.5. The van der Waals surface area contributed by atoms with Gasteiger partial charge in [-0.05, 0) is 44.9 Å². The summed E-state index contributed by atoms with van der Waals surface area (Å²) < 4.78 is 23.4. The minimum atomic E-state index is -4.57. The van der Waals surface area contributed by atoms with E-state index in [9.17, 15) is 19.4 Å². The summed E-state index contributed by atoms with van der Waals surface area (Å²) in [5, 5.41) is 14.0. The topological polar surface area (TPSA) is 108 Å². The number of nitrogens with one attached hydrogen (secondary N) is 1. The van der Waals surface area contributed by atoms with Gasteiger partial charge in [-0.3, -0.25) is 9.36 Å². The molecule has 0 aromatic heterocycles. The zero-order chi connectivity index (χ0) is 45.0. The molecule has 0 heterocycles. The molecule has 3 atom stereocenters. The van der Waals surface area contributed by atoms with E-state index in [1.54, 1.807) is 0 Å². The number of hydrogen-bond donors (Lipinski definition) is 2. The van der Waals surface area contributed by atoms with Crippen molar-refractivity contribution in [2.24, 2.45) is 0 Å². The number of likely N-dealkylation sites (N-methyl/N-ethyl adjacent to an activating group) is 1. The average Bonchev–Trinajstić information content (AvgIpc) is 3.21. The number of allylic oxidation sites excluding steroid dienone is 4. The van der Waals surface area contributed by atoms with E-state index in [1.807, 2.05) is 21.1 Å². The Bertz CT molecular complexity index is 1050. The fourth-order valence-corrected chi connectivity index (χ4v) is 8.50. The van der Waals surface area contributed by atoms with Crippen LogP contribution in [-0.4, -0.2) is 68.5 Å². The van der Waals surface area contributed by atoms with Crippen LogP contribution in [0.2, 0.25) is 0 Å². The molecule has 3 unspecified atom stereocenters. The number of unbranched alkanes of at least 4 members (excludes halogenated alkanes) is 31. The third-order valence-electron chi connectivity index (χ3n) is 11.9. The standard InChI is InChI=1S/C52H103N2O6P/c1-6-8-10-12-14-16-18-20-22-24-26-27-28-30-32-34-36-38-40-42-44-46-52(56)53-50(49-60-61(57,58)59-48-47-54(3,4)5)51(55)45-43-41-39-37-35-33-31-29-25-23-21-19-17-15-13-11-9-7-2/h18,20,24,26,50-51,55H,6-17,19,21-23,25,27-49H2,1-5H3,(H-,53,56,57,58)/b20-18-,26-24-. The quantitative estimate of drug-likeness (QED) is 0.0273. The molecule has 9 heteroatoms. The van der Waals surface area contributed by atoms with Crippen molar-refractivity contribution < 1.29 is 32.9 Å². The highest BCUT2D eigenvalue weighted by Gasteiger charge is 2.24. The Kier molecular flexibility index (Phi) is 43.5. The fraction of sp³-hybridized carbons (Fsp3) is 0.904. The van der Waals surface area contributed by atoms with E-state index in [4.69, 9.17) is 9.05 Å². The van der Waals surface area contributed by atoms with E-state index in [0.717, 1.165) is 44.9 Å². The predicted molar refractivity (Wildman–Crippen MR) is 261 cm³/mol. The lowest BCUT2D eigenvalue weighted by atomic mass is 10.0. The Morgan fingerprint density at radius 1 is 0.574 bits per heavy atom. The molecule has 0 radical (unpaired) electrons. The first-order valence-corrected chi connectivity index (χ1v) is 27.6. The third kappa shape index (κ3) is 46.8. The summed E-state index contributed by atoms with van der Waals surface area (Å²) in [6.07, 6.45) is 53.3. The predicted octanol–water partition coefficient (Wildman–Crippen LogP) is 14.6. The number of carbonyl (C=O) groups excluding carboxylic acids is 1. The van der Waals surface area contributed by atoms with Crippen molar-refractivity contribution in [3.05, 3.63) is 24.3 Å². The normalized spacial score (nSPS) is 14.3. The summed E-state index contributed by atoms with van der Waals surface area (Å²) in [5.74, 6) is -0.167. The molecule has 362 valence electrons. The van der Waals surface area contributed by atoms with Crippen molar-refractivity contribution in [2.75, 3.05) is 40.9 Å². The number of nitrogens with zero attached hydrogens (tertiary/aromatic N) is 1. The summed E-state index contributed by atoms with van der Waals surface area (Å²) in [6.45, 7) is 4.73. The molecule has 8 nitrogen and oxygen atoms in total. The molecule has 0 rings (SSSR count). The second-order valence-electron chi connectivity index (χ2n) is 19.2. The van der Waals surface area contributed by atoms with Gasteiger partial charge in [0.1, 0.15) is 13.2 Å². The molecule has 0 bridgehead atoms. The van der Waals surface area contributed by atoms with Crippen molar-refractivity contribution in [1.29, 1.82) is 0 Å². The van der Waals surface area contributed by atoms with Crippen LogP contribution in [0, 0.1) is 0 Å². The SMILES string of the molecule is CCCCCCC/C=C\C/C=C\CCCCCCCCCCCC(=O)NC(COP(=O)([O-])OCC[N+](C)(C)C)C(O)CCCCCCCCCCCCCCCCCCCC. The Hall–Kier alpha value is -1.02. The number of aliphatic hydroxyl groups is 1. The Labute approximate surface area is 379 Å². The molecule has 0 fully saturated rings. The maximum Gasteiger partial charge on any atom is 0.268 e. The Balaban J connectivity index is 4.25. The number of rotatable bonds is 48. The molecule has 0 aliphatic heterocycles. The first-order chi connectivity index (χ1) is 29.5. The average molecular weight is 883 g/mol. The van der Waals surface area contributed by atoms with Crippen LogP contribution in [0.3, 0.4) is 0 Å².